The Morgan fingerprint density at radius 2 is 2.17 bits per heavy atom. The van der Waals surface area contributed by atoms with Crippen LogP contribution >= 0.6 is 0 Å². The molecule has 0 aromatic carbocycles. The van der Waals surface area contributed by atoms with E-state index in [0.29, 0.717) is 0 Å². The van der Waals surface area contributed by atoms with Gasteiger partial charge < -0.3 is 30.1 Å². The average Bonchev–Trinajstić information content (AvgIpc) is 3.07. The number of anilines is 2. The van der Waals surface area contributed by atoms with E-state index in [4.69, 9.17) is 4.74 Å². The third-order valence-corrected chi connectivity index (χ3v) is 4.02. The number of nitrogens with zero attached hydrogens (tertiary/aromatic N) is 4. The second-order valence-electron chi connectivity index (χ2n) is 5.53. The maximum Gasteiger partial charge on any atom is 0.242 e. The zero-order chi connectivity index (χ0) is 17.4. The van der Waals surface area contributed by atoms with Crippen LogP contribution in [0.2, 0.25) is 0 Å². The number of hydrazine groups is 1. The van der Waals surface area contributed by atoms with E-state index in [2.05, 4.69) is 15.4 Å². The van der Waals surface area contributed by atoms with Gasteiger partial charge in [-0.05, 0) is 0 Å². The van der Waals surface area contributed by atoms with Crippen molar-refractivity contribution in [3.63, 3.8) is 0 Å². The van der Waals surface area contributed by atoms with Crippen molar-refractivity contribution in [2.45, 2.75) is 37.9 Å². The normalized spacial score (nSPS) is 29.0. The Balaban J connectivity index is 1.91. The molecule has 0 saturated carbocycles. The van der Waals surface area contributed by atoms with Gasteiger partial charge in [-0.25, -0.2) is 4.98 Å². The Bertz CT molecular complexity index is 631. The number of nitrogens with one attached hydrogen (secondary N) is 1. The smallest absolute Gasteiger partial charge is 0.242 e. The van der Waals surface area contributed by atoms with Crippen molar-refractivity contribution in [1.29, 1.82) is 0 Å². The van der Waals surface area contributed by atoms with E-state index in [1.807, 2.05) is 0 Å². The Morgan fingerprint density at radius 3 is 2.79 bits per heavy atom. The van der Waals surface area contributed by atoms with E-state index in [-0.39, 0.29) is 36.4 Å². The predicted octanol–water partition coefficient (Wildman–Crippen LogP) is -2.35. The van der Waals surface area contributed by atoms with Gasteiger partial charge in [-0.15, -0.1) is 0 Å². The lowest BCUT2D eigenvalue weighted by Crippen LogP contribution is -2.49. The number of ether oxygens (including phenoxy) is 1. The third kappa shape index (κ3) is 2.60. The summed E-state index contributed by atoms with van der Waals surface area (Å²) in [5.41, 5.74) is 2.76. The molecule has 0 spiro atoms. The summed E-state index contributed by atoms with van der Waals surface area (Å²) in [7, 11) is 0. The molecular weight excluding hydrogens is 322 g/mol. The molecule has 2 aliphatic heterocycles. The van der Waals surface area contributed by atoms with Crippen LogP contribution in [0.5, 0.6) is 5.88 Å². The van der Waals surface area contributed by atoms with Gasteiger partial charge in [0.1, 0.15) is 31.3 Å². The van der Waals surface area contributed by atoms with Gasteiger partial charge in [-0.1, -0.05) is 6.92 Å². The minimum Gasteiger partial charge on any atom is -0.492 e. The number of aliphatic hydroxyl groups is 3. The topological polar surface area (TPSA) is 152 Å². The Hall–Kier alpha value is -2.21. The minimum atomic E-state index is -1.30. The van der Waals surface area contributed by atoms with Gasteiger partial charge in [0, 0.05) is 6.42 Å². The van der Waals surface area contributed by atoms with Gasteiger partial charge in [0.25, 0.3) is 0 Å². The summed E-state index contributed by atoms with van der Waals surface area (Å²) >= 11 is 0. The summed E-state index contributed by atoms with van der Waals surface area (Å²) in [4.78, 5) is 20.9. The van der Waals surface area contributed by atoms with Crippen molar-refractivity contribution in [1.82, 2.24) is 15.4 Å². The van der Waals surface area contributed by atoms with E-state index in [9.17, 15) is 25.2 Å². The van der Waals surface area contributed by atoms with Crippen molar-refractivity contribution in [2.75, 3.05) is 23.2 Å². The first kappa shape index (κ1) is 16.6. The fourth-order valence-electron chi connectivity index (χ4n) is 2.76. The molecule has 2 aliphatic rings. The molecule has 4 atom stereocenters. The maximum atomic E-state index is 11.7. The molecule has 1 saturated heterocycles. The summed E-state index contributed by atoms with van der Waals surface area (Å²) < 4.78 is 5.49. The fraction of sp³-hybridized carbons (Fsp3) is 0.615. The highest BCUT2D eigenvalue weighted by molar-refractivity contribution is 5.83. The first-order valence-electron chi connectivity index (χ1n) is 7.48. The molecule has 5 N–H and O–H groups in total. The number of rotatable bonds is 4. The summed E-state index contributed by atoms with van der Waals surface area (Å²) in [6.45, 7) is 1.23. The largest absolute Gasteiger partial charge is 0.492 e. The molecule has 0 bridgehead atoms. The molecule has 3 heterocycles. The molecule has 1 aromatic heterocycles. The lowest BCUT2D eigenvalue weighted by molar-refractivity contribution is -0.120. The number of fused-ring (bicyclic) bond motifs is 1. The maximum absolute atomic E-state index is 11.7. The Labute approximate surface area is 137 Å². The molecule has 1 fully saturated rings. The van der Waals surface area contributed by atoms with Gasteiger partial charge in [-0.3, -0.25) is 15.2 Å². The van der Waals surface area contributed by atoms with Gasteiger partial charge in [-0.2, -0.15) is 4.98 Å². The molecule has 3 rings (SSSR count). The van der Waals surface area contributed by atoms with Crippen LogP contribution in [0.3, 0.4) is 0 Å². The molecule has 2 unspecified atom stereocenters. The molecule has 132 valence electrons. The molecule has 0 aliphatic carbocycles. The molecule has 1 amide bonds. The molecule has 24 heavy (non-hydrogen) atoms. The highest BCUT2D eigenvalue weighted by Crippen LogP contribution is 2.41. The Kier molecular flexibility index (Phi) is 4.41. The average molecular weight is 341 g/mol. The van der Waals surface area contributed by atoms with Gasteiger partial charge >= 0.3 is 0 Å². The van der Waals surface area contributed by atoms with E-state index < -0.39 is 31.1 Å². The predicted molar refractivity (Wildman–Crippen MR) is 79.7 cm³/mol. The Morgan fingerprint density at radius 1 is 1.42 bits per heavy atom. The lowest BCUT2D eigenvalue weighted by Gasteiger charge is -2.28. The number of carbonyl (C=O) groups is 1. The quantitative estimate of drug-likeness (QED) is 0.402. The first-order valence-corrected chi connectivity index (χ1v) is 7.48. The van der Waals surface area contributed by atoms with Crippen molar-refractivity contribution < 1.29 is 30.0 Å². The monoisotopic (exact) mass is 341 g/mol. The van der Waals surface area contributed by atoms with Gasteiger partial charge in [0.05, 0.1) is 6.61 Å². The number of aromatic hydroxyl groups is 1. The molecule has 11 nitrogen and oxygen atoms in total. The van der Waals surface area contributed by atoms with E-state index >= 15 is 0 Å². The van der Waals surface area contributed by atoms with Crippen molar-refractivity contribution in [3.8, 4) is 5.88 Å². The van der Waals surface area contributed by atoms with Crippen LogP contribution in [0.25, 0.3) is 0 Å². The van der Waals surface area contributed by atoms with E-state index in [1.54, 1.807) is 6.92 Å². The summed E-state index contributed by atoms with van der Waals surface area (Å²) in [5.74, 6) is -0.397. The molecule has 11 heteroatoms. The fourth-order valence-corrected chi connectivity index (χ4v) is 2.76. The van der Waals surface area contributed by atoms with Crippen LogP contribution in [0.15, 0.2) is 6.33 Å². The van der Waals surface area contributed by atoms with Crippen molar-refractivity contribution >= 4 is 17.4 Å². The van der Waals surface area contributed by atoms with Crippen LogP contribution in [0, 0.1) is 0 Å². The van der Waals surface area contributed by atoms with Crippen LogP contribution < -0.4 is 15.3 Å². The standard InChI is InChI=1S/C13H19N5O6/c1-2-7(20)16-18-5-17(11-8(18)12(23)15-4-14-11)13-10(22)9(21)6(3-19)24-13/h4,6,9-10,13,19,21-22H,2-3,5H2,1H3,(H,16,20)(H,14,15,23)/t6-,9?,10?,13-/m1/s1. The van der Waals surface area contributed by atoms with Crippen LogP contribution in [-0.2, 0) is 9.53 Å². The van der Waals surface area contributed by atoms with Crippen LogP contribution in [0.4, 0.5) is 11.5 Å². The number of aliphatic hydroxyl groups excluding tert-OH is 3. The highest BCUT2D eigenvalue weighted by atomic mass is 16.6. The zero-order valence-corrected chi connectivity index (χ0v) is 12.9. The third-order valence-electron chi connectivity index (χ3n) is 4.02. The van der Waals surface area contributed by atoms with Crippen molar-refractivity contribution in [3.05, 3.63) is 6.33 Å². The molecule has 1 aromatic rings. The van der Waals surface area contributed by atoms with Crippen LogP contribution in [0.1, 0.15) is 13.3 Å². The molecule has 0 radical (unpaired) electrons. The number of aromatic nitrogens is 2. The first-order chi connectivity index (χ1) is 11.5. The van der Waals surface area contributed by atoms with E-state index in [0.717, 1.165) is 6.33 Å². The van der Waals surface area contributed by atoms with Crippen LogP contribution in [-0.4, -0.2) is 74.1 Å². The lowest BCUT2D eigenvalue weighted by atomic mass is 10.1. The SMILES string of the molecule is CCC(=O)NN1CN([C@@H]2O[C@H](CO)C(O)C2O)c2ncnc(O)c21. The summed E-state index contributed by atoms with van der Waals surface area (Å²) in [5, 5.41) is 40.7. The van der Waals surface area contributed by atoms with Gasteiger partial charge in [0.15, 0.2) is 17.7 Å². The number of carbonyl (C=O) groups excluding carboxylic acids is 1. The highest BCUT2D eigenvalue weighted by Gasteiger charge is 2.48. The second kappa shape index (κ2) is 6.36. The number of hydrogen-bond acceptors (Lipinski definition) is 10. The number of amides is 1. The molecular formula is C13H19N5O6. The van der Waals surface area contributed by atoms with Crippen molar-refractivity contribution in [2.24, 2.45) is 0 Å². The second-order valence-corrected chi connectivity index (χ2v) is 5.53. The van der Waals surface area contributed by atoms with E-state index in [1.165, 1.54) is 9.91 Å². The summed E-state index contributed by atoms with van der Waals surface area (Å²) in [6.07, 6.45) is -3.15. The minimum absolute atomic E-state index is 0.0138. The summed E-state index contributed by atoms with van der Waals surface area (Å²) in [6, 6.07) is 0. The van der Waals surface area contributed by atoms with Gasteiger partial charge in [0.2, 0.25) is 11.8 Å². The number of hydrogen-bond donors (Lipinski definition) is 5. The zero-order valence-electron chi connectivity index (χ0n) is 12.9.